The summed E-state index contributed by atoms with van der Waals surface area (Å²) in [5.41, 5.74) is 1.43. The first-order valence-electron chi connectivity index (χ1n) is 6.06. The van der Waals surface area contributed by atoms with E-state index in [1.54, 1.807) is 18.2 Å². The fourth-order valence-electron chi connectivity index (χ4n) is 1.64. The van der Waals surface area contributed by atoms with Crippen molar-refractivity contribution in [3.63, 3.8) is 0 Å². The zero-order valence-corrected chi connectivity index (χ0v) is 13.0. The molecular weight excluding hydrogens is 310 g/mol. The predicted octanol–water partition coefficient (Wildman–Crippen LogP) is 3.28. The molecule has 6 heteroatoms. The largest absolute Gasteiger partial charge is 0.481 e. The molecule has 1 aromatic carbocycles. The summed E-state index contributed by atoms with van der Waals surface area (Å²) >= 11 is 7.46. The Morgan fingerprint density at radius 2 is 2.19 bits per heavy atom. The maximum atomic E-state index is 10.6. The Balaban J connectivity index is 2.32. The molecule has 0 aliphatic carbocycles. The SMILES string of the molecule is Cc1nc(C)c(C#Cc2cc(Cl)ccc2OCC(=O)O)s1. The smallest absolute Gasteiger partial charge is 0.341 e. The standard InChI is InChI=1S/C15H12ClNO3S/c1-9-14(21-10(2)17-9)6-3-11-7-12(16)4-5-13(11)20-8-15(18)19/h4-5,7H,8H2,1-2H3,(H,18,19). The number of halogens is 1. The van der Waals surface area contributed by atoms with E-state index in [4.69, 9.17) is 21.4 Å². The summed E-state index contributed by atoms with van der Waals surface area (Å²) in [6.07, 6.45) is 0. The molecule has 0 amide bonds. The molecule has 0 bridgehead atoms. The van der Waals surface area contributed by atoms with E-state index < -0.39 is 12.6 Å². The van der Waals surface area contributed by atoms with Crippen molar-refractivity contribution in [2.75, 3.05) is 6.61 Å². The van der Waals surface area contributed by atoms with Crippen LogP contribution in [0, 0.1) is 25.7 Å². The van der Waals surface area contributed by atoms with Crippen LogP contribution in [0.2, 0.25) is 5.02 Å². The number of thiazole rings is 1. The Labute approximate surface area is 131 Å². The van der Waals surface area contributed by atoms with Gasteiger partial charge in [-0.2, -0.15) is 0 Å². The van der Waals surface area contributed by atoms with Gasteiger partial charge in [-0.25, -0.2) is 9.78 Å². The number of hydrogen-bond donors (Lipinski definition) is 1. The molecule has 0 saturated heterocycles. The van der Waals surface area contributed by atoms with Gasteiger partial charge in [0, 0.05) is 5.02 Å². The van der Waals surface area contributed by atoms with Crippen molar-refractivity contribution >= 4 is 28.9 Å². The molecule has 1 heterocycles. The summed E-state index contributed by atoms with van der Waals surface area (Å²) in [7, 11) is 0. The van der Waals surface area contributed by atoms with Gasteiger partial charge >= 0.3 is 5.97 Å². The molecule has 0 saturated carbocycles. The Morgan fingerprint density at radius 3 is 2.81 bits per heavy atom. The second-order valence-corrected chi connectivity index (χ2v) is 5.86. The average molecular weight is 322 g/mol. The molecule has 4 nitrogen and oxygen atoms in total. The van der Waals surface area contributed by atoms with Crippen molar-refractivity contribution < 1.29 is 14.6 Å². The van der Waals surface area contributed by atoms with Gasteiger partial charge in [-0.15, -0.1) is 11.3 Å². The van der Waals surface area contributed by atoms with Gasteiger partial charge in [-0.3, -0.25) is 0 Å². The summed E-state index contributed by atoms with van der Waals surface area (Å²) in [5, 5.41) is 10.1. The van der Waals surface area contributed by atoms with Gasteiger partial charge in [0.2, 0.25) is 0 Å². The number of hydrogen-bond acceptors (Lipinski definition) is 4. The summed E-state index contributed by atoms with van der Waals surface area (Å²) in [6.45, 7) is 3.39. The Morgan fingerprint density at radius 1 is 1.43 bits per heavy atom. The monoisotopic (exact) mass is 321 g/mol. The fraction of sp³-hybridized carbons (Fsp3) is 0.200. The van der Waals surface area contributed by atoms with Gasteiger partial charge in [0.25, 0.3) is 0 Å². The molecule has 1 aromatic heterocycles. The molecule has 0 aliphatic heterocycles. The number of ether oxygens (including phenoxy) is 1. The first kappa shape index (κ1) is 15.4. The van der Waals surface area contributed by atoms with Gasteiger partial charge in [0.15, 0.2) is 6.61 Å². The van der Waals surface area contributed by atoms with Crippen molar-refractivity contribution in [3.05, 3.63) is 44.4 Å². The van der Waals surface area contributed by atoms with Crippen LogP contribution in [0.15, 0.2) is 18.2 Å². The van der Waals surface area contributed by atoms with Crippen molar-refractivity contribution in [3.8, 4) is 17.6 Å². The second kappa shape index (κ2) is 6.61. The van der Waals surface area contributed by atoms with Crippen molar-refractivity contribution in [1.29, 1.82) is 0 Å². The lowest BCUT2D eigenvalue weighted by atomic mass is 10.2. The summed E-state index contributed by atoms with van der Waals surface area (Å²) in [5.74, 6) is 5.34. The third-order valence-electron chi connectivity index (χ3n) is 2.51. The highest BCUT2D eigenvalue weighted by Gasteiger charge is 2.06. The van der Waals surface area contributed by atoms with Crippen LogP contribution in [0.5, 0.6) is 5.75 Å². The van der Waals surface area contributed by atoms with Gasteiger partial charge in [0.1, 0.15) is 10.6 Å². The number of rotatable bonds is 3. The first-order chi connectivity index (χ1) is 9.95. The molecule has 1 N–H and O–H groups in total. The second-order valence-electron chi connectivity index (χ2n) is 4.22. The highest BCUT2D eigenvalue weighted by molar-refractivity contribution is 7.12. The minimum Gasteiger partial charge on any atom is -0.481 e. The van der Waals surface area contributed by atoms with E-state index in [1.807, 2.05) is 13.8 Å². The van der Waals surface area contributed by atoms with Crippen molar-refractivity contribution in [1.82, 2.24) is 4.98 Å². The van der Waals surface area contributed by atoms with Gasteiger partial charge in [0.05, 0.1) is 16.3 Å². The zero-order valence-electron chi connectivity index (χ0n) is 11.4. The summed E-state index contributed by atoms with van der Waals surface area (Å²) < 4.78 is 5.20. The topological polar surface area (TPSA) is 59.4 Å². The molecular formula is C15H12ClNO3S. The lowest BCUT2D eigenvalue weighted by molar-refractivity contribution is -0.139. The number of carbonyl (C=O) groups is 1. The third-order valence-corrected chi connectivity index (χ3v) is 3.73. The third kappa shape index (κ3) is 4.22. The van der Waals surface area contributed by atoms with Crippen LogP contribution in [0.25, 0.3) is 0 Å². The van der Waals surface area contributed by atoms with E-state index in [1.165, 1.54) is 11.3 Å². The Bertz CT molecular complexity index is 743. The molecule has 0 atom stereocenters. The van der Waals surface area contributed by atoms with Gasteiger partial charge < -0.3 is 9.84 Å². The number of aromatic nitrogens is 1. The van der Waals surface area contributed by atoms with Crippen LogP contribution in [-0.4, -0.2) is 22.7 Å². The van der Waals surface area contributed by atoms with Crippen LogP contribution >= 0.6 is 22.9 Å². The quantitative estimate of drug-likeness (QED) is 0.881. The number of carboxylic acid groups (broad SMARTS) is 1. The van der Waals surface area contributed by atoms with E-state index in [-0.39, 0.29) is 0 Å². The van der Waals surface area contributed by atoms with Crippen LogP contribution in [0.3, 0.4) is 0 Å². The highest BCUT2D eigenvalue weighted by atomic mass is 35.5. The number of nitrogens with zero attached hydrogens (tertiary/aromatic N) is 1. The van der Waals surface area contributed by atoms with Crippen molar-refractivity contribution in [2.45, 2.75) is 13.8 Å². The van der Waals surface area contributed by atoms with Crippen molar-refractivity contribution in [2.24, 2.45) is 0 Å². The molecule has 0 aliphatic rings. The highest BCUT2D eigenvalue weighted by Crippen LogP contribution is 2.23. The molecule has 0 fully saturated rings. The van der Waals surface area contributed by atoms with E-state index in [0.717, 1.165) is 15.6 Å². The van der Waals surface area contributed by atoms with Crippen LogP contribution in [0.1, 0.15) is 21.1 Å². The molecule has 2 aromatic rings. The fourth-order valence-corrected chi connectivity index (χ4v) is 2.58. The predicted molar refractivity (Wildman–Crippen MR) is 82.2 cm³/mol. The minimum atomic E-state index is -1.04. The molecule has 21 heavy (non-hydrogen) atoms. The maximum Gasteiger partial charge on any atom is 0.341 e. The zero-order chi connectivity index (χ0) is 15.4. The van der Waals surface area contributed by atoms with E-state index >= 15 is 0 Å². The lowest BCUT2D eigenvalue weighted by Crippen LogP contribution is -2.10. The van der Waals surface area contributed by atoms with E-state index in [9.17, 15) is 4.79 Å². The first-order valence-corrected chi connectivity index (χ1v) is 7.25. The number of aliphatic carboxylic acids is 1. The summed E-state index contributed by atoms with van der Waals surface area (Å²) in [4.78, 5) is 15.8. The van der Waals surface area contributed by atoms with Crippen LogP contribution < -0.4 is 4.74 Å². The average Bonchev–Trinajstić information content (AvgIpc) is 2.73. The van der Waals surface area contributed by atoms with Crippen LogP contribution in [-0.2, 0) is 4.79 Å². The Hall–Kier alpha value is -2.03. The molecule has 0 radical (unpaired) electrons. The molecule has 2 rings (SSSR count). The van der Waals surface area contributed by atoms with Gasteiger partial charge in [-0.05, 0) is 38.0 Å². The number of aryl methyl sites for hydroxylation is 2. The van der Waals surface area contributed by atoms with Gasteiger partial charge in [-0.1, -0.05) is 17.5 Å². The molecule has 0 unspecified atom stereocenters. The lowest BCUT2D eigenvalue weighted by Gasteiger charge is -2.05. The van der Waals surface area contributed by atoms with Crippen LogP contribution in [0.4, 0.5) is 0 Å². The summed E-state index contributed by atoms with van der Waals surface area (Å²) in [6, 6.07) is 4.89. The Kier molecular flexibility index (Phi) is 4.84. The number of carboxylic acids is 1. The molecule has 0 spiro atoms. The maximum absolute atomic E-state index is 10.6. The van der Waals surface area contributed by atoms with E-state index in [2.05, 4.69) is 16.8 Å². The normalized spacial score (nSPS) is 9.86. The van der Waals surface area contributed by atoms with E-state index in [0.29, 0.717) is 16.3 Å². The molecule has 108 valence electrons. The minimum absolute atomic E-state index is 0.396. The number of benzene rings is 1.